The highest BCUT2D eigenvalue weighted by atomic mass is 16.1. The second-order valence-corrected chi connectivity index (χ2v) is 2.92. The first-order chi connectivity index (χ1) is 5.86. The molecule has 1 heterocycles. The standard InChI is InChI=1S/C10H5NO/c12-9-4-6-5-11-8-3-1-2-7(9)10(6)8/h1-5H. The summed E-state index contributed by atoms with van der Waals surface area (Å²) < 4.78 is 0. The Morgan fingerprint density at radius 3 is 3.08 bits per heavy atom. The second-order valence-electron chi connectivity index (χ2n) is 2.92. The third-order valence-electron chi connectivity index (χ3n) is 2.23. The van der Waals surface area contributed by atoms with Crippen molar-refractivity contribution in [2.45, 2.75) is 0 Å². The van der Waals surface area contributed by atoms with Gasteiger partial charge in [-0.1, -0.05) is 12.1 Å². The molecule has 1 aromatic rings. The highest BCUT2D eigenvalue weighted by molar-refractivity contribution is 6.31. The van der Waals surface area contributed by atoms with Gasteiger partial charge in [-0.05, 0) is 12.1 Å². The number of carbonyl (C=O) groups excluding carboxylic acids is 1. The summed E-state index contributed by atoms with van der Waals surface area (Å²) in [6.07, 6.45) is 3.39. The van der Waals surface area contributed by atoms with Gasteiger partial charge in [0.1, 0.15) is 0 Å². The van der Waals surface area contributed by atoms with Crippen LogP contribution < -0.4 is 0 Å². The Hall–Kier alpha value is -1.70. The third kappa shape index (κ3) is 0.515. The van der Waals surface area contributed by atoms with E-state index in [4.69, 9.17) is 0 Å². The van der Waals surface area contributed by atoms with Crippen molar-refractivity contribution in [2.24, 2.45) is 4.99 Å². The average Bonchev–Trinajstić information content (AvgIpc) is 2.61. The predicted molar refractivity (Wildman–Crippen MR) is 46.9 cm³/mol. The van der Waals surface area contributed by atoms with E-state index in [9.17, 15) is 4.79 Å². The molecule has 0 aromatic heterocycles. The van der Waals surface area contributed by atoms with Crippen LogP contribution in [0.25, 0.3) is 5.57 Å². The third-order valence-corrected chi connectivity index (χ3v) is 2.23. The minimum atomic E-state index is 0.105. The van der Waals surface area contributed by atoms with Crippen LogP contribution >= 0.6 is 0 Å². The van der Waals surface area contributed by atoms with Gasteiger partial charge < -0.3 is 0 Å². The number of allylic oxidation sites excluding steroid dienone is 2. The molecule has 1 aromatic carbocycles. The summed E-state index contributed by atoms with van der Waals surface area (Å²) in [4.78, 5) is 15.5. The Labute approximate surface area is 69.2 Å². The molecule has 0 atom stereocenters. The zero-order chi connectivity index (χ0) is 8.13. The molecule has 0 unspecified atom stereocenters. The van der Waals surface area contributed by atoms with Gasteiger partial charge in [0, 0.05) is 22.9 Å². The van der Waals surface area contributed by atoms with E-state index >= 15 is 0 Å². The average molecular weight is 155 g/mol. The van der Waals surface area contributed by atoms with Crippen molar-refractivity contribution in [1.29, 1.82) is 0 Å². The van der Waals surface area contributed by atoms with E-state index in [0.29, 0.717) is 0 Å². The van der Waals surface area contributed by atoms with E-state index in [0.717, 1.165) is 22.4 Å². The molecule has 12 heavy (non-hydrogen) atoms. The number of hydrogen-bond donors (Lipinski definition) is 0. The number of carbonyl (C=O) groups is 1. The highest BCUT2D eigenvalue weighted by Crippen LogP contribution is 2.38. The molecule has 0 N–H and O–H groups in total. The van der Waals surface area contributed by atoms with E-state index in [2.05, 4.69) is 4.99 Å². The first kappa shape index (κ1) is 5.89. The zero-order valence-electron chi connectivity index (χ0n) is 6.24. The molecule has 0 spiro atoms. The van der Waals surface area contributed by atoms with Crippen molar-refractivity contribution in [3.63, 3.8) is 0 Å². The summed E-state index contributed by atoms with van der Waals surface area (Å²) in [5, 5.41) is 0. The van der Waals surface area contributed by atoms with Crippen LogP contribution in [-0.2, 0) is 0 Å². The summed E-state index contributed by atoms with van der Waals surface area (Å²) in [5.74, 6) is 0.105. The Balaban J connectivity index is 2.49. The number of aliphatic imine (C=N–C) groups is 1. The van der Waals surface area contributed by atoms with Crippen molar-refractivity contribution in [1.82, 2.24) is 0 Å². The largest absolute Gasteiger partial charge is 0.289 e. The van der Waals surface area contributed by atoms with E-state index in [1.807, 2.05) is 18.2 Å². The fraction of sp³-hybridized carbons (Fsp3) is 0. The summed E-state index contributed by atoms with van der Waals surface area (Å²) in [6.45, 7) is 0. The first-order valence-corrected chi connectivity index (χ1v) is 3.80. The van der Waals surface area contributed by atoms with Gasteiger partial charge in [-0.15, -0.1) is 0 Å². The van der Waals surface area contributed by atoms with Crippen LogP contribution in [0.1, 0.15) is 15.9 Å². The van der Waals surface area contributed by atoms with E-state index in [1.165, 1.54) is 0 Å². The summed E-state index contributed by atoms with van der Waals surface area (Å²) in [5.41, 5.74) is 3.69. The van der Waals surface area contributed by atoms with E-state index < -0.39 is 0 Å². The quantitative estimate of drug-likeness (QED) is 0.563. The zero-order valence-corrected chi connectivity index (χ0v) is 6.24. The van der Waals surface area contributed by atoms with Crippen LogP contribution in [0.5, 0.6) is 0 Å². The lowest BCUT2D eigenvalue weighted by atomic mass is 10.1. The van der Waals surface area contributed by atoms with Crippen LogP contribution in [0.4, 0.5) is 5.69 Å². The van der Waals surface area contributed by atoms with Crippen LogP contribution in [0.15, 0.2) is 29.3 Å². The van der Waals surface area contributed by atoms with Gasteiger partial charge in [0.15, 0.2) is 5.78 Å². The van der Waals surface area contributed by atoms with Crippen LogP contribution in [0, 0.1) is 0 Å². The molecule has 0 amide bonds. The predicted octanol–water partition coefficient (Wildman–Crippen LogP) is 1.98. The minimum absolute atomic E-state index is 0.105. The molecule has 3 rings (SSSR count). The van der Waals surface area contributed by atoms with Gasteiger partial charge in [0.25, 0.3) is 0 Å². The summed E-state index contributed by atoms with van der Waals surface area (Å²) >= 11 is 0. The highest BCUT2D eigenvalue weighted by Gasteiger charge is 2.25. The van der Waals surface area contributed by atoms with Gasteiger partial charge in [0.2, 0.25) is 0 Å². The summed E-state index contributed by atoms with van der Waals surface area (Å²) in [6, 6.07) is 5.64. The Morgan fingerprint density at radius 2 is 2.17 bits per heavy atom. The normalized spacial score (nSPS) is 16.7. The molecule has 0 fully saturated rings. The van der Waals surface area contributed by atoms with Crippen molar-refractivity contribution in [2.75, 3.05) is 0 Å². The van der Waals surface area contributed by atoms with Gasteiger partial charge >= 0.3 is 0 Å². The lowest BCUT2D eigenvalue weighted by molar-refractivity contribution is 0.105. The minimum Gasteiger partial charge on any atom is -0.289 e. The van der Waals surface area contributed by atoms with Crippen LogP contribution in [0.3, 0.4) is 0 Å². The van der Waals surface area contributed by atoms with Gasteiger partial charge in [-0.25, -0.2) is 0 Å². The SMILES string of the molecule is O=C1C=C2C=Nc3cccc1c32. The number of benzene rings is 1. The number of rotatable bonds is 0. The lowest BCUT2D eigenvalue weighted by Crippen LogP contribution is -1.89. The van der Waals surface area contributed by atoms with Gasteiger partial charge in [-0.2, -0.15) is 0 Å². The van der Waals surface area contributed by atoms with Crippen LogP contribution in [0.2, 0.25) is 0 Å². The summed E-state index contributed by atoms with van der Waals surface area (Å²) in [7, 11) is 0. The number of nitrogens with zero attached hydrogens (tertiary/aromatic N) is 1. The molecule has 0 bridgehead atoms. The molecule has 56 valence electrons. The van der Waals surface area contributed by atoms with Gasteiger partial charge in [0.05, 0.1) is 5.69 Å². The van der Waals surface area contributed by atoms with Crippen molar-refractivity contribution >= 4 is 23.3 Å². The molecule has 1 aliphatic carbocycles. The second kappa shape index (κ2) is 1.72. The molecule has 0 saturated carbocycles. The number of ketones is 1. The molecule has 0 radical (unpaired) electrons. The maximum absolute atomic E-state index is 11.3. The number of hydrogen-bond acceptors (Lipinski definition) is 2. The maximum atomic E-state index is 11.3. The van der Waals surface area contributed by atoms with E-state index in [1.54, 1.807) is 12.3 Å². The Morgan fingerprint density at radius 1 is 1.25 bits per heavy atom. The Bertz CT molecular complexity index is 455. The maximum Gasteiger partial charge on any atom is 0.187 e. The fourth-order valence-corrected chi connectivity index (χ4v) is 1.69. The first-order valence-electron chi connectivity index (χ1n) is 3.80. The Kier molecular flexibility index (Phi) is 0.844. The molecule has 1 aliphatic heterocycles. The molecule has 2 nitrogen and oxygen atoms in total. The van der Waals surface area contributed by atoms with E-state index in [-0.39, 0.29) is 5.78 Å². The molecule has 0 saturated heterocycles. The molecular weight excluding hydrogens is 150 g/mol. The fourth-order valence-electron chi connectivity index (χ4n) is 1.69. The molecule has 2 aliphatic rings. The molecule has 2 heteroatoms. The topological polar surface area (TPSA) is 29.4 Å². The monoisotopic (exact) mass is 155 g/mol. The smallest absolute Gasteiger partial charge is 0.187 e. The molecular formula is C10H5NO. The lowest BCUT2D eigenvalue weighted by Gasteiger charge is -1.97. The van der Waals surface area contributed by atoms with Crippen molar-refractivity contribution in [3.8, 4) is 0 Å². The van der Waals surface area contributed by atoms with Crippen molar-refractivity contribution in [3.05, 3.63) is 35.4 Å². The van der Waals surface area contributed by atoms with Crippen molar-refractivity contribution < 1.29 is 4.79 Å². The van der Waals surface area contributed by atoms with Crippen LogP contribution in [-0.4, -0.2) is 12.0 Å². The van der Waals surface area contributed by atoms with Gasteiger partial charge in [-0.3, -0.25) is 9.79 Å².